The number of nitrogens with two attached hydrogens (primary N) is 1. The van der Waals surface area contributed by atoms with Crippen LogP contribution in [-0.4, -0.2) is 28.9 Å². The third-order valence-corrected chi connectivity index (χ3v) is 4.14. The minimum absolute atomic E-state index is 0.148. The van der Waals surface area contributed by atoms with Crippen LogP contribution in [0.15, 0.2) is 27.9 Å². The Morgan fingerprint density at radius 2 is 2.12 bits per heavy atom. The molecule has 2 aromatic rings. The number of rotatable bonds is 5. The van der Waals surface area contributed by atoms with E-state index in [2.05, 4.69) is 20.0 Å². The maximum absolute atomic E-state index is 6.11. The number of aromatic nitrogens is 2. The second kappa shape index (κ2) is 7.33. The van der Waals surface area contributed by atoms with Gasteiger partial charge in [0.25, 0.3) is 0 Å². The number of aryl methyl sites for hydroxylation is 2. The number of pyridine rings is 1. The topological polar surface area (TPSA) is 89.8 Å². The SMILES string of the molecule is Cc1nc(CO/N=C(/N)c2cccnc2N2CCCCC2)oc1C. The van der Waals surface area contributed by atoms with Crippen LogP contribution in [0, 0.1) is 13.8 Å². The molecule has 7 nitrogen and oxygen atoms in total. The molecule has 0 radical (unpaired) electrons. The molecule has 0 saturated carbocycles. The summed E-state index contributed by atoms with van der Waals surface area (Å²) in [5.41, 5.74) is 7.75. The van der Waals surface area contributed by atoms with Crippen molar-refractivity contribution in [1.82, 2.24) is 9.97 Å². The number of hydrogen-bond acceptors (Lipinski definition) is 6. The molecule has 7 heteroatoms. The number of piperidine rings is 1. The van der Waals surface area contributed by atoms with Crippen LogP contribution < -0.4 is 10.6 Å². The van der Waals surface area contributed by atoms with Crippen molar-refractivity contribution in [3.05, 3.63) is 41.2 Å². The van der Waals surface area contributed by atoms with Gasteiger partial charge in [-0.25, -0.2) is 9.97 Å². The molecule has 128 valence electrons. The lowest BCUT2D eigenvalue weighted by molar-refractivity contribution is 0.110. The molecule has 1 saturated heterocycles. The van der Waals surface area contributed by atoms with Crippen LogP contribution in [-0.2, 0) is 11.4 Å². The predicted octanol–water partition coefficient (Wildman–Crippen LogP) is 2.51. The zero-order valence-electron chi connectivity index (χ0n) is 14.2. The van der Waals surface area contributed by atoms with Crippen molar-refractivity contribution < 1.29 is 9.25 Å². The van der Waals surface area contributed by atoms with Gasteiger partial charge in [-0.1, -0.05) is 5.16 Å². The standard InChI is InChI=1S/C17H23N5O2/c1-12-13(2)24-15(20-12)11-23-21-16(18)14-7-6-8-19-17(14)22-9-4-3-5-10-22/h6-8H,3-5,9-11H2,1-2H3,(H2,18,21). The lowest BCUT2D eigenvalue weighted by Gasteiger charge is -2.29. The number of hydrogen-bond donors (Lipinski definition) is 1. The van der Waals surface area contributed by atoms with Crippen LogP contribution in [0.4, 0.5) is 5.82 Å². The highest BCUT2D eigenvalue weighted by Crippen LogP contribution is 2.21. The Kier molecular flexibility index (Phi) is 4.98. The first-order valence-electron chi connectivity index (χ1n) is 8.24. The van der Waals surface area contributed by atoms with Gasteiger partial charge < -0.3 is 19.9 Å². The second-order valence-electron chi connectivity index (χ2n) is 5.92. The summed E-state index contributed by atoms with van der Waals surface area (Å²) < 4.78 is 5.45. The first-order chi connectivity index (χ1) is 11.6. The molecule has 2 N–H and O–H groups in total. The third-order valence-electron chi connectivity index (χ3n) is 4.14. The van der Waals surface area contributed by atoms with Gasteiger partial charge in [0.15, 0.2) is 12.4 Å². The Hall–Kier alpha value is -2.57. The van der Waals surface area contributed by atoms with Crippen molar-refractivity contribution in [2.45, 2.75) is 39.7 Å². The van der Waals surface area contributed by atoms with Gasteiger partial charge in [0, 0.05) is 19.3 Å². The van der Waals surface area contributed by atoms with Crippen molar-refractivity contribution in [2.75, 3.05) is 18.0 Å². The van der Waals surface area contributed by atoms with Crippen LogP contribution in [0.3, 0.4) is 0 Å². The monoisotopic (exact) mass is 329 g/mol. The Balaban J connectivity index is 1.70. The summed E-state index contributed by atoms with van der Waals surface area (Å²) in [7, 11) is 0. The van der Waals surface area contributed by atoms with Gasteiger partial charge in [-0.05, 0) is 45.2 Å². The summed E-state index contributed by atoms with van der Waals surface area (Å²) in [5, 5.41) is 4.01. The molecule has 0 bridgehead atoms. The fourth-order valence-electron chi connectivity index (χ4n) is 2.76. The molecular weight excluding hydrogens is 306 g/mol. The van der Waals surface area contributed by atoms with E-state index in [1.165, 1.54) is 19.3 Å². The van der Waals surface area contributed by atoms with E-state index in [-0.39, 0.29) is 6.61 Å². The highest BCUT2D eigenvalue weighted by molar-refractivity contribution is 6.01. The first-order valence-corrected chi connectivity index (χ1v) is 8.24. The van der Waals surface area contributed by atoms with Gasteiger partial charge >= 0.3 is 0 Å². The van der Waals surface area contributed by atoms with E-state index in [0.29, 0.717) is 11.7 Å². The molecule has 0 spiro atoms. The molecule has 0 amide bonds. The smallest absolute Gasteiger partial charge is 0.235 e. The van der Waals surface area contributed by atoms with E-state index in [0.717, 1.165) is 35.9 Å². The molecule has 24 heavy (non-hydrogen) atoms. The number of anilines is 1. The van der Waals surface area contributed by atoms with Gasteiger partial charge in [-0.3, -0.25) is 0 Å². The first kappa shape index (κ1) is 16.3. The van der Waals surface area contributed by atoms with Crippen LogP contribution in [0.1, 0.15) is 42.2 Å². The maximum Gasteiger partial charge on any atom is 0.235 e. The summed E-state index contributed by atoms with van der Waals surface area (Å²) in [5.74, 6) is 2.45. The fraction of sp³-hybridized carbons (Fsp3) is 0.471. The van der Waals surface area contributed by atoms with Crippen molar-refractivity contribution in [1.29, 1.82) is 0 Å². The molecule has 0 aromatic carbocycles. The zero-order chi connectivity index (χ0) is 16.9. The Bertz CT molecular complexity index is 700. The predicted molar refractivity (Wildman–Crippen MR) is 91.8 cm³/mol. The number of oxime groups is 1. The summed E-state index contributed by atoms with van der Waals surface area (Å²) in [6, 6.07) is 3.77. The van der Waals surface area contributed by atoms with Crippen LogP contribution >= 0.6 is 0 Å². The van der Waals surface area contributed by atoms with Crippen molar-refractivity contribution >= 4 is 11.7 Å². The van der Waals surface area contributed by atoms with Gasteiger partial charge in [-0.2, -0.15) is 0 Å². The molecule has 0 unspecified atom stereocenters. The molecule has 3 heterocycles. The van der Waals surface area contributed by atoms with Gasteiger partial charge in [0.05, 0.1) is 11.3 Å². The molecule has 1 fully saturated rings. The third kappa shape index (κ3) is 3.67. The summed E-state index contributed by atoms with van der Waals surface area (Å²) in [6.07, 6.45) is 5.39. The molecule has 1 aliphatic rings. The lowest BCUT2D eigenvalue weighted by atomic mass is 10.1. The average Bonchev–Trinajstić information content (AvgIpc) is 2.93. The van der Waals surface area contributed by atoms with E-state index >= 15 is 0 Å². The van der Waals surface area contributed by atoms with E-state index in [9.17, 15) is 0 Å². The van der Waals surface area contributed by atoms with Gasteiger partial charge in [0.1, 0.15) is 11.6 Å². The van der Waals surface area contributed by atoms with E-state index in [4.69, 9.17) is 15.0 Å². The normalized spacial score (nSPS) is 15.6. The number of nitrogens with zero attached hydrogens (tertiary/aromatic N) is 4. The number of oxazole rings is 1. The Morgan fingerprint density at radius 3 is 2.83 bits per heavy atom. The zero-order valence-corrected chi connectivity index (χ0v) is 14.2. The summed E-state index contributed by atoms with van der Waals surface area (Å²) >= 11 is 0. The maximum atomic E-state index is 6.11. The highest BCUT2D eigenvalue weighted by atomic mass is 16.6. The van der Waals surface area contributed by atoms with E-state index in [1.54, 1.807) is 6.20 Å². The Labute approximate surface area is 141 Å². The minimum Gasteiger partial charge on any atom is -0.442 e. The second-order valence-corrected chi connectivity index (χ2v) is 5.92. The summed E-state index contributed by atoms with van der Waals surface area (Å²) in [6.45, 7) is 5.89. The van der Waals surface area contributed by atoms with Crippen molar-refractivity contribution in [3.8, 4) is 0 Å². The molecule has 2 aromatic heterocycles. The molecular formula is C17H23N5O2. The molecule has 3 rings (SSSR count). The largest absolute Gasteiger partial charge is 0.442 e. The average molecular weight is 329 g/mol. The van der Waals surface area contributed by atoms with Crippen LogP contribution in [0.25, 0.3) is 0 Å². The fourth-order valence-corrected chi connectivity index (χ4v) is 2.76. The van der Waals surface area contributed by atoms with Crippen LogP contribution in [0.5, 0.6) is 0 Å². The van der Waals surface area contributed by atoms with Gasteiger partial charge in [-0.15, -0.1) is 0 Å². The highest BCUT2D eigenvalue weighted by Gasteiger charge is 2.17. The van der Waals surface area contributed by atoms with Crippen molar-refractivity contribution in [2.24, 2.45) is 10.9 Å². The van der Waals surface area contributed by atoms with Gasteiger partial charge in [0.2, 0.25) is 5.89 Å². The Morgan fingerprint density at radius 1 is 1.33 bits per heavy atom. The van der Waals surface area contributed by atoms with Crippen molar-refractivity contribution in [3.63, 3.8) is 0 Å². The quantitative estimate of drug-likeness (QED) is 0.515. The molecule has 1 aliphatic heterocycles. The van der Waals surface area contributed by atoms with E-state index in [1.807, 2.05) is 26.0 Å². The van der Waals surface area contributed by atoms with E-state index < -0.39 is 0 Å². The molecule has 0 aliphatic carbocycles. The lowest BCUT2D eigenvalue weighted by Crippen LogP contribution is -2.32. The summed E-state index contributed by atoms with van der Waals surface area (Å²) in [4.78, 5) is 16.3. The number of amidine groups is 1. The minimum atomic E-state index is 0.148. The van der Waals surface area contributed by atoms with Crippen LogP contribution in [0.2, 0.25) is 0 Å². The molecule has 0 atom stereocenters.